The van der Waals surface area contributed by atoms with Crippen molar-refractivity contribution in [2.45, 2.75) is 0 Å². The smallest absolute Gasteiger partial charge is 0.488 e. The van der Waals surface area contributed by atoms with Crippen molar-refractivity contribution in [2.75, 3.05) is 0 Å². The predicted molar refractivity (Wildman–Crippen MR) is 145 cm³/mol. The van der Waals surface area contributed by atoms with Crippen LogP contribution < -0.4 is 20.4 Å². The number of phenolic OH excluding ortho intramolecular Hbond substituents is 2. The molecule has 0 spiro atoms. The molecule has 2 radical (unpaired) electrons. The van der Waals surface area contributed by atoms with E-state index in [1.54, 1.807) is 48.5 Å². The minimum absolute atomic E-state index is 0.0205. The number of halogens is 6. The molecule has 42 heavy (non-hydrogen) atoms. The lowest BCUT2D eigenvalue weighted by Crippen LogP contribution is -2.29. The zero-order valence-corrected chi connectivity index (χ0v) is 21.3. The lowest BCUT2D eigenvalue weighted by Gasteiger charge is -2.05. The minimum Gasteiger partial charge on any atom is -0.508 e. The molecule has 0 saturated carbocycles. The highest BCUT2D eigenvalue weighted by Crippen LogP contribution is 2.25. The monoisotopic (exact) mass is 588 g/mol. The molecule has 4 aromatic rings. The van der Waals surface area contributed by atoms with Crippen molar-refractivity contribution in [3.8, 4) is 34.1 Å². The third-order valence-corrected chi connectivity index (χ3v) is 4.84. The molecule has 0 atom stereocenters. The molecule has 4 rings (SSSR count). The zero-order chi connectivity index (χ0) is 31.2. The molecule has 0 heterocycles. The van der Waals surface area contributed by atoms with E-state index in [-0.39, 0.29) is 28.5 Å². The van der Waals surface area contributed by atoms with Crippen LogP contribution in [0.5, 0.6) is 23.0 Å². The maximum absolute atomic E-state index is 12.6. The van der Waals surface area contributed by atoms with Gasteiger partial charge in [-0.25, -0.2) is 0 Å². The molecule has 0 amide bonds. The van der Waals surface area contributed by atoms with Gasteiger partial charge in [-0.3, -0.25) is 0 Å². The van der Waals surface area contributed by atoms with E-state index in [2.05, 4.69) is 9.47 Å². The van der Waals surface area contributed by atoms with E-state index in [9.17, 15) is 26.3 Å². The summed E-state index contributed by atoms with van der Waals surface area (Å²) in [5.74, 6) is 0.214. The first-order valence-corrected chi connectivity index (χ1v) is 11.5. The van der Waals surface area contributed by atoms with Crippen LogP contribution in [0.1, 0.15) is 0 Å². The van der Waals surface area contributed by atoms with Crippen LogP contribution in [0.25, 0.3) is 11.1 Å². The molecule has 0 aromatic heterocycles. The Hall–Kier alpha value is -4.81. The first-order valence-electron chi connectivity index (χ1n) is 11.5. The van der Waals surface area contributed by atoms with Crippen molar-refractivity contribution >= 4 is 25.9 Å². The number of phenols is 2. The Bertz CT molecular complexity index is 1440. The van der Waals surface area contributed by atoms with Gasteiger partial charge in [0.15, 0.2) is 0 Å². The fourth-order valence-corrected chi connectivity index (χ4v) is 2.84. The Morgan fingerprint density at radius 2 is 0.857 bits per heavy atom. The van der Waals surface area contributed by atoms with Gasteiger partial charge >= 0.3 is 31.3 Å². The van der Waals surface area contributed by atoms with Gasteiger partial charge in [0.2, 0.25) is 0 Å². The van der Waals surface area contributed by atoms with Crippen molar-refractivity contribution in [3.05, 3.63) is 121 Å². The topological polar surface area (TPSA) is 99.4 Å². The summed E-state index contributed by atoms with van der Waals surface area (Å²) in [6.45, 7) is 0. The van der Waals surface area contributed by atoms with E-state index in [4.69, 9.17) is 28.1 Å². The Balaban J connectivity index is 0.000000238. The second-order valence-corrected chi connectivity index (χ2v) is 7.88. The molecule has 216 valence electrons. The predicted octanol–water partition coefficient (Wildman–Crippen LogP) is 5.44. The van der Waals surface area contributed by atoms with Crippen molar-refractivity contribution in [1.82, 2.24) is 0 Å². The van der Waals surface area contributed by atoms with Crippen molar-refractivity contribution in [3.63, 3.8) is 0 Å². The Kier molecular flexibility index (Phi) is 13.1. The first kappa shape index (κ1) is 33.4. The second kappa shape index (κ2) is 16.5. The number of aromatic hydroxyl groups is 2. The Morgan fingerprint density at radius 1 is 0.524 bits per heavy atom. The number of benzene rings is 4. The maximum atomic E-state index is 12.6. The zero-order valence-electron chi connectivity index (χ0n) is 21.3. The average Bonchev–Trinajstić information content (AvgIpc) is 2.96. The van der Waals surface area contributed by atoms with Crippen LogP contribution in [-0.4, -0.2) is 35.2 Å². The van der Waals surface area contributed by atoms with Gasteiger partial charge in [-0.2, -0.15) is 26.3 Å². The Morgan fingerprint density at radius 3 is 1.19 bits per heavy atom. The molecule has 0 aliphatic heterocycles. The molecular weight excluding hydrogens is 568 g/mol. The van der Waals surface area contributed by atoms with E-state index in [0.29, 0.717) is 5.46 Å². The fourth-order valence-electron chi connectivity index (χ4n) is 2.84. The molecule has 4 aromatic carbocycles. The number of ether oxygens (including phenoxy) is 2. The average molecular weight is 588 g/mol. The SMILES string of the molecule is OB(O)c1ccc(OC(F)=C(F)F)cc1.Oc1ccc(-c2ccc(OC(F)=C(F)F)cc2)cc1.[B]c1ccc(O)cc1. The number of hydrogen-bond donors (Lipinski definition) is 4. The van der Waals surface area contributed by atoms with E-state index in [1.807, 2.05) is 0 Å². The summed E-state index contributed by atoms with van der Waals surface area (Å²) in [7, 11) is 3.65. The highest BCUT2D eigenvalue weighted by atomic mass is 19.3. The van der Waals surface area contributed by atoms with Gasteiger partial charge in [-0.05, 0) is 65.1 Å². The van der Waals surface area contributed by atoms with E-state index in [0.717, 1.165) is 23.3 Å². The van der Waals surface area contributed by atoms with Gasteiger partial charge in [0.05, 0.1) is 0 Å². The van der Waals surface area contributed by atoms with Gasteiger partial charge in [-0.1, -0.05) is 54.0 Å². The molecule has 0 aliphatic rings. The summed E-state index contributed by atoms with van der Waals surface area (Å²) in [6, 6.07) is 19.6. The van der Waals surface area contributed by atoms with Crippen molar-refractivity contribution in [1.29, 1.82) is 0 Å². The summed E-state index contributed by atoms with van der Waals surface area (Å²) in [4.78, 5) is 0. The van der Waals surface area contributed by atoms with Gasteiger partial charge < -0.3 is 29.7 Å². The molecule has 6 nitrogen and oxygen atoms in total. The van der Waals surface area contributed by atoms with Gasteiger partial charge in [0.25, 0.3) is 0 Å². The summed E-state index contributed by atoms with van der Waals surface area (Å²) in [5, 5.41) is 35.3. The third kappa shape index (κ3) is 11.7. The summed E-state index contributed by atoms with van der Waals surface area (Å²) in [6.07, 6.45) is -5.05. The summed E-state index contributed by atoms with van der Waals surface area (Å²) >= 11 is 0. The minimum atomic E-state index is -2.55. The summed E-state index contributed by atoms with van der Waals surface area (Å²) in [5.41, 5.74) is 2.43. The maximum Gasteiger partial charge on any atom is 0.488 e. The van der Waals surface area contributed by atoms with Gasteiger partial charge in [0.1, 0.15) is 30.8 Å². The highest BCUT2D eigenvalue weighted by Gasteiger charge is 2.12. The van der Waals surface area contributed by atoms with Crippen LogP contribution in [-0.2, 0) is 0 Å². The van der Waals surface area contributed by atoms with Gasteiger partial charge in [0, 0.05) is 0 Å². The van der Waals surface area contributed by atoms with E-state index in [1.165, 1.54) is 36.4 Å². The molecule has 14 heteroatoms. The van der Waals surface area contributed by atoms with Crippen LogP contribution in [0, 0.1) is 0 Å². The van der Waals surface area contributed by atoms with Crippen molar-refractivity contribution in [2.24, 2.45) is 0 Å². The quantitative estimate of drug-likeness (QED) is 0.136. The van der Waals surface area contributed by atoms with Crippen LogP contribution in [0.4, 0.5) is 26.3 Å². The molecule has 0 saturated heterocycles. The van der Waals surface area contributed by atoms with E-state index < -0.39 is 31.3 Å². The lowest BCUT2D eigenvalue weighted by molar-refractivity contribution is 0.241. The van der Waals surface area contributed by atoms with E-state index >= 15 is 0 Å². The lowest BCUT2D eigenvalue weighted by atomic mass is 9.80. The molecule has 0 fully saturated rings. The number of rotatable bonds is 6. The molecule has 0 aliphatic carbocycles. The molecular formula is C28H20B2F6O6. The first-order chi connectivity index (χ1) is 19.8. The van der Waals surface area contributed by atoms with Crippen LogP contribution in [0.3, 0.4) is 0 Å². The highest BCUT2D eigenvalue weighted by molar-refractivity contribution is 6.58. The van der Waals surface area contributed by atoms with Gasteiger partial charge in [-0.15, -0.1) is 0 Å². The fraction of sp³-hybridized carbons (Fsp3) is 0. The third-order valence-electron chi connectivity index (χ3n) is 4.84. The number of hydrogen-bond acceptors (Lipinski definition) is 6. The molecule has 0 unspecified atom stereocenters. The largest absolute Gasteiger partial charge is 0.508 e. The second-order valence-electron chi connectivity index (χ2n) is 7.88. The standard InChI is InChI=1S/C14H9F3O2.C8H6BF3O3.C6H5BO/c15-13(16)14(17)19-12-7-3-10(4-8-12)9-1-5-11(18)6-2-9;10-7(11)8(12)15-6-3-1-5(2-4-6)9(13)14;7-5-1-3-6(8)4-2-5/h1-8,18H;1-4,13-14H;1-4,8H. The molecule has 0 bridgehead atoms. The normalized spacial score (nSPS) is 9.71. The van der Waals surface area contributed by atoms with Crippen LogP contribution in [0.15, 0.2) is 121 Å². The van der Waals surface area contributed by atoms with Crippen LogP contribution in [0.2, 0.25) is 0 Å². The molecule has 4 N–H and O–H groups in total. The van der Waals surface area contributed by atoms with Crippen LogP contribution >= 0.6 is 0 Å². The van der Waals surface area contributed by atoms with Crippen molar-refractivity contribution < 1.29 is 56.1 Å². The Labute approximate surface area is 237 Å². The summed E-state index contributed by atoms with van der Waals surface area (Å²) < 4.78 is 80.2.